The normalized spacial score (nSPS) is 17.6. The highest BCUT2D eigenvalue weighted by Gasteiger charge is 2.24. The minimum atomic E-state index is 0.255. The first-order chi connectivity index (χ1) is 10.2. The Labute approximate surface area is 134 Å². The van der Waals surface area contributed by atoms with Gasteiger partial charge in [-0.25, -0.2) is 0 Å². The smallest absolute Gasteiger partial charge is 0.0804 e. The summed E-state index contributed by atoms with van der Waals surface area (Å²) in [5.41, 5.74) is 4.59. The van der Waals surface area contributed by atoms with Crippen LogP contribution < -0.4 is 0 Å². The minimum absolute atomic E-state index is 0.255. The molecule has 2 rings (SSSR count). The number of thioether (sulfide) groups is 1. The number of aryl methyl sites for hydroxylation is 1. The van der Waals surface area contributed by atoms with Crippen molar-refractivity contribution in [3.63, 3.8) is 0 Å². The van der Waals surface area contributed by atoms with Gasteiger partial charge in [-0.1, -0.05) is 43.0 Å². The van der Waals surface area contributed by atoms with Crippen LogP contribution in [0.1, 0.15) is 23.6 Å². The Morgan fingerprint density at radius 3 is 2.76 bits per heavy atom. The molecule has 1 heterocycles. The Balaban J connectivity index is 2.24. The van der Waals surface area contributed by atoms with E-state index in [4.69, 9.17) is 7.85 Å². The van der Waals surface area contributed by atoms with E-state index in [1.807, 2.05) is 12.2 Å². The number of rotatable bonds is 6. The van der Waals surface area contributed by atoms with Gasteiger partial charge in [-0.05, 0) is 40.6 Å². The highest BCUT2D eigenvalue weighted by Crippen LogP contribution is 2.33. The van der Waals surface area contributed by atoms with E-state index in [1.54, 1.807) is 11.8 Å². The third-order valence-electron chi connectivity index (χ3n) is 3.99. The molecule has 0 saturated carbocycles. The first-order valence-electron chi connectivity index (χ1n) is 7.30. The summed E-state index contributed by atoms with van der Waals surface area (Å²) in [5, 5.41) is 0. The van der Waals surface area contributed by atoms with Gasteiger partial charge in [-0.15, -0.1) is 18.3 Å². The van der Waals surface area contributed by atoms with Crippen LogP contribution in [0.5, 0.6) is 0 Å². The molecule has 21 heavy (non-hydrogen) atoms. The predicted octanol–water partition coefficient (Wildman–Crippen LogP) is 4.23. The van der Waals surface area contributed by atoms with Gasteiger partial charge in [0.2, 0.25) is 0 Å². The van der Waals surface area contributed by atoms with Crippen LogP contribution in [-0.4, -0.2) is 31.5 Å². The molecule has 1 aromatic carbocycles. The Morgan fingerprint density at radius 2 is 2.14 bits per heavy atom. The maximum Gasteiger partial charge on any atom is 0.0804 e. The molecule has 1 nitrogen and oxygen atoms in total. The van der Waals surface area contributed by atoms with Crippen molar-refractivity contribution in [2.75, 3.05) is 18.7 Å². The van der Waals surface area contributed by atoms with Gasteiger partial charge in [0.15, 0.2) is 0 Å². The molecule has 0 saturated heterocycles. The Kier molecular flexibility index (Phi) is 5.95. The molecule has 0 bridgehead atoms. The van der Waals surface area contributed by atoms with E-state index in [9.17, 15) is 0 Å². The average Bonchev–Trinajstić information content (AvgIpc) is 2.51. The van der Waals surface area contributed by atoms with Crippen molar-refractivity contribution >= 4 is 19.6 Å². The van der Waals surface area contributed by atoms with Crippen LogP contribution in [0, 0.1) is 6.92 Å². The van der Waals surface area contributed by atoms with Gasteiger partial charge in [0, 0.05) is 13.1 Å². The SMILES string of the molecule is [B]CSC1=C(C=C)CN(C(C=C)c2ccccc2C)CC1. The first kappa shape index (κ1) is 16.2. The van der Waals surface area contributed by atoms with Crippen molar-refractivity contribution in [3.05, 3.63) is 71.2 Å². The van der Waals surface area contributed by atoms with Crippen LogP contribution in [0.25, 0.3) is 0 Å². The largest absolute Gasteiger partial charge is 0.288 e. The standard InChI is InChI=1S/C18H22BNS/c1-4-15-12-20(11-10-18(15)21-13-19)17(5-2)16-9-7-6-8-14(16)3/h4-9,17H,1-2,10-13H2,3H3. The van der Waals surface area contributed by atoms with E-state index in [1.165, 1.54) is 21.6 Å². The second-order valence-corrected chi connectivity index (χ2v) is 6.34. The van der Waals surface area contributed by atoms with E-state index < -0.39 is 0 Å². The van der Waals surface area contributed by atoms with Crippen LogP contribution in [0.15, 0.2) is 60.1 Å². The second kappa shape index (κ2) is 7.72. The number of hydrogen-bond donors (Lipinski definition) is 0. The molecule has 1 atom stereocenters. The lowest BCUT2D eigenvalue weighted by Crippen LogP contribution is -2.34. The molecule has 0 spiro atoms. The Hall–Kier alpha value is -1.19. The summed E-state index contributed by atoms with van der Waals surface area (Å²) in [5.74, 6) is 0. The average molecular weight is 295 g/mol. The van der Waals surface area contributed by atoms with Gasteiger partial charge in [0.1, 0.15) is 0 Å². The molecule has 0 aliphatic carbocycles. The van der Waals surface area contributed by atoms with Gasteiger partial charge in [0.25, 0.3) is 0 Å². The predicted molar refractivity (Wildman–Crippen MR) is 95.7 cm³/mol. The summed E-state index contributed by atoms with van der Waals surface area (Å²) >= 11 is 1.74. The van der Waals surface area contributed by atoms with Gasteiger partial charge in [-0.3, -0.25) is 4.90 Å². The van der Waals surface area contributed by atoms with E-state index in [-0.39, 0.29) is 6.04 Å². The lowest BCUT2D eigenvalue weighted by atomic mass is 9.97. The van der Waals surface area contributed by atoms with Crippen molar-refractivity contribution in [2.24, 2.45) is 0 Å². The highest BCUT2D eigenvalue weighted by molar-refractivity contribution is 8.04. The second-order valence-electron chi connectivity index (χ2n) is 5.22. The van der Waals surface area contributed by atoms with E-state index in [0.717, 1.165) is 19.5 Å². The van der Waals surface area contributed by atoms with Crippen molar-refractivity contribution in [2.45, 2.75) is 19.4 Å². The summed E-state index contributed by atoms with van der Waals surface area (Å²) in [6, 6.07) is 8.80. The van der Waals surface area contributed by atoms with Crippen LogP contribution >= 0.6 is 11.8 Å². The molecule has 1 aromatic rings. The summed E-state index contributed by atoms with van der Waals surface area (Å²) in [7, 11) is 5.67. The monoisotopic (exact) mass is 295 g/mol. The summed E-state index contributed by atoms with van der Waals surface area (Å²) in [6.45, 7) is 12.1. The fraction of sp³-hybridized carbons (Fsp3) is 0.333. The Morgan fingerprint density at radius 1 is 1.38 bits per heavy atom. The van der Waals surface area contributed by atoms with Crippen molar-refractivity contribution in [1.29, 1.82) is 0 Å². The molecule has 3 heteroatoms. The zero-order valence-electron chi connectivity index (χ0n) is 12.7. The highest BCUT2D eigenvalue weighted by atomic mass is 32.2. The minimum Gasteiger partial charge on any atom is -0.288 e. The third kappa shape index (κ3) is 3.72. The van der Waals surface area contributed by atoms with Crippen LogP contribution in [0.2, 0.25) is 0 Å². The third-order valence-corrected chi connectivity index (χ3v) is 4.97. The quantitative estimate of drug-likeness (QED) is 0.571. The maximum atomic E-state index is 5.67. The van der Waals surface area contributed by atoms with Gasteiger partial charge >= 0.3 is 0 Å². The Bertz CT molecular complexity index is 550. The van der Waals surface area contributed by atoms with Crippen molar-refractivity contribution in [1.82, 2.24) is 4.90 Å². The lowest BCUT2D eigenvalue weighted by molar-refractivity contribution is 0.246. The van der Waals surface area contributed by atoms with Gasteiger partial charge in [-0.2, -0.15) is 0 Å². The first-order valence-corrected chi connectivity index (χ1v) is 8.29. The van der Waals surface area contributed by atoms with Gasteiger partial charge in [0.05, 0.1) is 13.9 Å². The number of hydrogen-bond acceptors (Lipinski definition) is 2. The molecule has 1 unspecified atom stereocenters. The summed E-state index contributed by atoms with van der Waals surface area (Å²) in [6.07, 6.45) is 5.06. The number of nitrogens with zero attached hydrogens (tertiary/aromatic N) is 1. The maximum absolute atomic E-state index is 5.67. The van der Waals surface area contributed by atoms with Crippen molar-refractivity contribution < 1.29 is 0 Å². The fourth-order valence-corrected chi connectivity index (χ4v) is 3.63. The molecule has 2 radical (unpaired) electrons. The van der Waals surface area contributed by atoms with Crippen LogP contribution in [0.4, 0.5) is 0 Å². The topological polar surface area (TPSA) is 3.24 Å². The molecule has 0 aromatic heterocycles. The van der Waals surface area contributed by atoms with E-state index in [0.29, 0.717) is 5.65 Å². The van der Waals surface area contributed by atoms with Crippen LogP contribution in [-0.2, 0) is 0 Å². The fourth-order valence-electron chi connectivity index (χ4n) is 2.86. The van der Waals surface area contributed by atoms with Gasteiger partial charge < -0.3 is 0 Å². The number of benzene rings is 1. The summed E-state index contributed by atoms with van der Waals surface area (Å²) in [4.78, 5) is 3.85. The lowest BCUT2D eigenvalue weighted by Gasteiger charge is -2.35. The molecule has 1 aliphatic rings. The van der Waals surface area contributed by atoms with Crippen molar-refractivity contribution in [3.8, 4) is 0 Å². The molecule has 0 fully saturated rings. The zero-order chi connectivity index (χ0) is 15.2. The molecular weight excluding hydrogens is 273 g/mol. The molecular formula is C18H22BNS. The van der Waals surface area contributed by atoms with E-state index >= 15 is 0 Å². The molecule has 0 N–H and O–H groups in total. The summed E-state index contributed by atoms with van der Waals surface area (Å²) < 4.78 is 0. The van der Waals surface area contributed by atoms with E-state index in [2.05, 4.69) is 49.2 Å². The molecule has 0 amide bonds. The zero-order valence-corrected chi connectivity index (χ0v) is 13.5. The van der Waals surface area contributed by atoms with Crippen LogP contribution in [0.3, 0.4) is 0 Å². The molecule has 1 aliphatic heterocycles. The molecule has 108 valence electrons.